The lowest BCUT2D eigenvalue weighted by atomic mass is 9.84. The highest BCUT2D eigenvalue weighted by atomic mass is 16.5. The largest absolute Gasteiger partial charge is 0.344 e. The molecule has 9 nitrogen and oxygen atoms in total. The van der Waals surface area contributed by atoms with Gasteiger partial charge in [-0.05, 0) is 41.9 Å². The van der Waals surface area contributed by atoms with E-state index in [0.29, 0.717) is 49.0 Å². The fourth-order valence-electron chi connectivity index (χ4n) is 5.36. The number of amides is 3. The highest BCUT2D eigenvalue weighted by Crippen LogP contribution is 2.31. The van der Waals surface area contributed by atoms with E-state index in [9.17, 15) is 19.6 Å². The van der Waals surface area contributed by atoms with Gasteiger partial charge in [-0.1, -0.05) is 58.6 Å². The summed E-state index contributed by atoms with van der Waals surface area (Å²) < 4.78 is 0. The first-order valence-electron chi connectivity index (χ1n) is 13.3. The normalized spacial score (nSPS) is 19.8. The number of hydrogen-bond acceptors (Lipinski definition) is 6. The minimum Gasteiger partial charge on any atom is -0.344 e. The van der Waals surface area contributed by atoms with Gasteiger partial charge in [-0.15, -0.1) is 0 Å². The van der Waals surface area contributed by atoms with Gasteiger partial charge in [0.05, 0.1) is 24.1 Å². The number of carbonyl (C=O) groups is 3. The van der Waals surface area contributed by atoms with Crippen LogP contribution in [0.4, 0.5) is 0 Å². The maximum Gasteiger partial charge on any atom is 0.245 e. The fraction of sp³-hybridized carbons (Fsp3) is 0.643. The Balaban J connectivity index is 1.61. The molecule has 1 saturated heterocycles. The van der Waals surface area contributed by atoms with Crippen LogP contribution in [0.5, 0.6) is 0 Å². The first kappa shape index (κ1) is 28.6. The van der Waals surface area contributed by atoms with Gasteiger partial charge in [0, 0.05) is 25.7 Å². The Hall–Kier alpha value is -2.96. The zero-order chi connectivity index (χ0) is 27.0. The van der Waals surface area contributed by atoms with E-state index in [2.05, 4.69) is 16.7 Å². The quantitative estimate of drug-likeness (QED) is 0.238. The molecule has 0 bridgehead atoms. The molecule has 0 unspecified atom stereocenters. The van der Waals surface area contributed by atoms with E-state index in [1.165, 1.54) is 0 Å². The summed E-state index contributed by atoms with van der Waals surface area (Å²) in [5.74, 6) is -0.590. The molecule has 3 atom stereocenters. The van der Waals surface area contributed by atoms with Crippen LogP contribution in [-0.4, -0.2) is 65.1 Å². The van der Waals surface area contributed by atoms with Crippen molar-refractivity contribution in [2.75, 3.05) is 19.6 Å². The smallest absolute Gasteiger partial charge is 0.245 e. The van der Waals surface area contributed by atoms with E-state index < -0.39 is 17.4 Å². The van der Waals surface area contributed by atoms with Crippen molar-refractivity contribution in [1.29, 1.82) is 5.26 Å². The third-order valence-electron chi connectivity index (χ3n) is 7.57. The summed E-state index contributed by atoms with van der Waals surface area (Å²) in [7, 11) is 0. The van der Waals surface area contributed by atoms with Gasteiger partial charge in [0.15, 0.2) is 0 Å². The lowest BCUT2D eigenvalue weighted by Crippen LogP contribution is -2.56. The number of carbonyl (C=O) groups excluding carboxylic acids is 3. The van der Waals surface area contributed by atoms with Gasteiger partial charge < -0.3 is 15.5 Å². The second kappa shape index (κ2) is 13.0. The standard InChI is InChI=1S/C28H41N5O4/c1-28(2,3)25(31-26(35)23(17-33(37)19-34)14-20-6-4-5-7-20)27(36)32-13-12-24(18-32)30-16-22-10-8-21(15-29)9-11-22/h8-11,19-20,23-25,30,37H,4-7,12-14,16-18H2,1-3H3,(H,31,35)/t23-,24-,25-/m1/s1. The van der Waals surface area contributed by atoms with Crippen LogP contribution in [0.1, 0.15) is 70.4 Å². The van der Waals surface area contributed by atoms with Crippen molar-refractivity contribution in [3.05, 3.63) is 35.4 Å². The molecule has 1 saturated carbocycles. The molecular formula is C28H41N5O4. The molecule has 0 radical (unpaired) electrons. The van der Waals surface area contributed by atoms with E-state index >= 15 is 0 Å². The van der Waals surface area contributed by atoms with Gasteiger partial charge >= 0.3 is 0 Å². The van der Waals surface area contributed by atoms with Crippen molar-refractivity contribution in [3.63, 3.8) is 0 Å². The molecule has 37 heavy (non-hydrogen) atoms. The molecule has 0 spiro atoms. The third kappa shape index (κ3) is 8.27. The maximum atomic E-state index is 13.6. The molecule has 3 rings (SSSR count). The van der Waals surface area contributed by atoms with Crippen molar-refractivity contribution in [2.45, 2.75) is 77.9 Å². The summed E-state index contributed by atoms with van der Waals surface area (Å²) in [4.78, 5) is 39.8. The molecule has 2 aliphatic rings. The minimum atomic E-state index is -0.716. The molecule has 1 aromatic carbocycles. The molecule has 2 fully saturated rings. The second-order valence-corrected chi connectivity index (χ2v) is 11.6. The van der Waals surface area contributed by atoms with E-state index in [4.69, 9.17) is 5.26 Å². The Labute approximate surface area is 220 Å². The Morgan fingerprint density at radius 1 is 1.22 bits per heavy atom. The van der Waals surface area contributed by atoms with Crippen LogP contribution in [0.3, 0.4) is 0 Å². The van der Waals surface area contributed by atoms with E-state index in [1.807, 2.05) is 37.8 Å². The molecular weight excluding hydrogens is 470 g/mol. The van der Waals surface area contributed by atoms with Crippen LogP contribution >= 0.6 is 0 Å². The number of benzene rings is 1. The molecule has 1 aromatic rings. The summed E-state index contributed by atoms with van der Waals surface area (Å²) in [6.07, 6.45) is 6.08. The summed E-state index contributed by atoms with van der Waals surface area (Å²) in [5.41, 5.74) is 1.19. The monoisotopic (exact) mass is 511 g/mol. The van der Waals surface area contributed by atoms with E-state index in [-0.39, 0.29) is 24.4 Å². The third-order valence-corrected chi connectivity index (χ3v) is 7.57. The van der Waals surface area contributed by atoms with Gasteiger partial charge in [-0.2, -0.15) is 5.26 Å². The zero-order valence-corrected chi connectivity index (χ0v) is 22.3. The molecule has 1 aliphatic carbocycles. The highest BCUT2D eigenvalue weighted by Gasteiger charge is 2.39. The summed E-state index contributed by atoms with van der Waals surface area (Å²) in [5, 5.41) is 25.8. The van der Waals surface area contributed by atoms with Crippen molar-refractivity contribution in [3.8, 4) is 6.07 Å². The van der Waals surface area contributed by atoms with Crippen LogP contribution in [-0.2, 0) is 20.9 Å². The lowest BCUT2D eigenvalue weighted by Gasteiger charge is -2.35. The average Bonchev–Trinajstić information content (AvgIpc) is 3.57. The van der Waals surface area contributed by atoms with E-state index in [1.54, 1.807) is 12.1 Å². The number of hydrogen-bond donors (Lipinski definition) is 3. The molecule has 0 aromatic heterocycles. The number of nitriles is 1. The first-order chi connectivity index (χ1) is 17.6. The Morgan fingerprint density at radius 3 is 2.49 bits per heavy atom. The second-order valence-electron chi connectivity index (χ2n) is 11.6. The topological polar surface area (TPSA) is 126 Å². The van der Waals surface area contributed by atoms with Crippen molar-refractivity contribution in [2.24, 2.45) is 17.3 Å². The lowest BCUT2D eigenvalue weighted by molar-refractivity contribution is -0.155. The van der Waals surface area contributed by atoms with Gasteiger partial charge in [-0.3, -0.25) is 19.6 Å². The summed E-state index contributed by atoms with van der Waals surface area (Å²) in [6, 6.07) is 8.98. The fourth-order valence-corrected chi connectivity index (χ4v) is 5.36. The number of nitrogens with one attached hydrogen (secondary N) is 2. The minimum absolute atomic E-state index is 0.0814. The average molecular weight is 512 g/mol. The van der Waals surface area contributed by atoms with Crippen LogP contribution in [0.2, 0.25) is 0 Å². The number of rotatable bonds is 11. The number of likely N-dealkylation sites (tertiary alicyclic amines) is 1. The van der Waals surface area contributed by atoms with Crippen LogP contribution < -0.4 is 10.6 Å². The van der Waals surface area contributed by atoms with Gasteiger partial charge in [0.1, 0.15) is 6.04 Å². The molecule has 3 N–H and O–H groups in total. The zero-order valence-electron chi connectivity index (χ0n) is 22.3. The predicted octanol–water partition coefficient (Wildman–Crippen LogP) is 2.82. The van der Waals surface area contributed by atoms with Crippen molar-refractivity contribution < 1.29 is 19.6 Å². The molecule has 1 heterocycles. The Bertz CT molecular complexity index is 962. The maximum absolute atomic E-state index is 13.6. The van der Waals surface area contributed by atoms with Crippen LogP contribution in [0.25, 0.3) is 0 Å². The number of nitrogens with zero attached hydrogens (tertiary/aromatic N) is 3. The summed E-state index contributed by atoms with van der Waals surface area (Å²) >= 11 is 0. The van der Waals surface area contributed by atoms with Gasteiger partial charge in [-0.25, -0.2) is 5.06 Å². The van der Waals surface area contributed by atoms with Crippen LogP contribution in [0, 0.1) is 28.6 Å². The number of hydroxylamine groups is 2. The van der Waals surface area contributed by atoms with Gasteiger partial charge in [0.2, 0.25) is 18.2 Å². The predicted molar refractivity (Wildman–Crippen MR) is 139 cm³/mol. The van der Waals surface area contributed by atoms with Crippen LogP contribution in [0.15, 0.2) is 24.3 Å². The molecule has 1 aliphatic heterocycles. The van der Waals surface area contributed by atoms with Gasteiger partial charge in [0.25, 0.3) is 0 Å². The summed E-state index contributed by atoms with van der Waals surface area (Å²) in [6.45, 7) is 7.52. The SMILES string of the molecule is CC(C)(C)[C@H](NC(=O)[C@H](CC1CCCC1)CN(O)C=O)C(=O)N1CC[C@@H](NCc2ccc(C#N)cc2)C1. The van der Waals surface area contributed by atoms with E-state index in [0.717, 1.165) is 37.7 Å². The van der Waals surface area contributed by atoms with Crippen molar-refractivity contribution >= 4 is 18.2 Å². The molecule has 3 amide bonds. The highest BCUT2D eigenvalue weighted by molar-refractivity contribution is 5.89. The first-order valence-corrected chi connectivity index (χ1v) is 13.3. The Kier molecular flexibility index (Phi) is 10.1. The Morgan fingerprint density at radius 2 is 1.89 bits per heavy atom. The molecule has 202 valence electrons. The molecule has 9 heteroatoms. The van der Waals surface area contributed by atoms with Crippen molar-refractivity contribution in [1.82, 2.24) is 20.6 Å².